The minimum atomic E-state index is -3.53. The van der Waals surface area contributed by atoms with E-state index in [1.54, 1.807) is 0 Å². The maximum Gasteiger partial charge on any atom is 0.262 e. The van der Waals surface area contributed by atoms with Crippen LogP contribution in [0.15, 0.2) is 18.2 Å². The van der Waals surface area contributed by atoms with Gasteiger partial charge in [0.2, 0.25) is 21.8 Å². The van der Waals surface area contributed by atoms with E-state index in [1.165, 1.54) is 25.1 Å². The van der Waals surface area contributed by atoms with E-state index in [2.05, 4.69) is 10.0 Å². The molecule has 2 heterocycles. The summed E-state index contributed by atoms with van der Waals surface area (Å²) in [7, 11) is -3.53. The molecule has 0 saturated carbocycles. The van der Waals surface area contributed by atoms with Gasteiger partial charge in [-0.2, -0.15) is 0 Å². The van der Waals surface area contributed by atoms with Crippen molar-refractivity contribution < 1.29 is 27.6 Å². The van der Waals surface area contributed by atoms with E-state index >= 15 is 0 Å². The molecule has 4 amide bonds. The topological polar surface area (TPSA) is 130 Å². The number of piperidine rings is 1. The Bertz CT molecular complexity index is 908. The first-order valence-electron chi connectivity index (χ1n) is 7.59. The van der Waals surface area contributed by atoms with Gasteiger partial charge in [-0.05, 0) is 31.5 Å². The number of imide groups is 2. The Kier molecular flexibility index (Phi) is 4.07. The molecule has 0 aliphatic carbocycles. The van der Waals surface area contributed by atoms with Crippen molar-refractivity contribution in [2.24, 2.45) is 0 Å². The zero-order valence-electron chi connectivity index (χ0n) is 13.2. The Hall–Kier alpha value is -2.75. The predicted molar refractivity (Wildman–Crippen MR) is 86.2 cm³/mol. The molecule has 10 heteroatoms. The molecule has 9 nitrogen and oxygen atoms in total. The number of sulfonamides is 1. The number of nitrogens with zero attached hydrogens (tertiary/aromatic N) is 1. The van der Waals surface area contributed by atoms with Crippen molar-refractivity contribution in [3.63, 3.8) is 0 Å². The fourth-order valence-corrected chi connectivity index (χ4v) is 3.42. The van der Waals surface area contributed by atoms with Gasteiger partial charge in [0, 0.05) is 12.1 Å². The lowest BCUT2D eigenvalue weighted by atomic mass is 10.0. The molecule has 25 heavy (non-hydrogen) atoms. The summed E-state index contributed by atoms with van der Waals surface area (Å²) in [6.07, 6.45) is 0.0941. The number of benzene rings is 1. The number of nitrogens with one attached hydrogen (secondary N) is 2. The highest BCUT2D eigenvalue weighted by Crippen LogP contribution is 2.29. The molecule has 2 aliphatic heterocycles. The molecule has 0 bridgehead atoms. The van der Waals surface area contributed by atoms with Crippen molar-refractivity contribution in [2.45, 2.75) is 25.8 Å². The molecule has 1 fully saturated rings. The molecule has 0 radical (unpaired) electrons. The van der Waals surface area contributed by atoms with Crippen LogP contribution in [0, 0.1) is 0 Å². The van der Waals surface area contributed by atoms with Gasteiger partial charge in [-0.1, -0.05) is 0 Å². The highest BCUT2D eigenvalue weighted by Gasteiger charge is 2.44. The SMILES string of the molecule is CCS(=O)(=O)Nc1ccc2c(c1)C(=O)N(C1CCC(=O)NC1=O)C2=O. The summed E-state index contributed by atoms with van der Waals surface area (Å²) in [5, 5.41) is 2.11. The molecule has 0 spiro atoms. The molecule has 132 valence electrons. The van der Waals surface area contributed by atoms with Crippen molar-refractivity contribution in [1.82, 2.24) is 10.2 Å². The summed E-state index contributed by atoms with van der Waals surface area (Å²) < 4.78 is 25.6. The maximum absolute atomic E-state index is 12.6. The third kappa shape index (κ3) is 3.00. The quantitative estimate of drug-likeness (QED) is 0.714. The lowest BCUT2D eigenvalue weighted by Crippen LogP contribution is -2.54. The predicted octanol–water partition coefficient (Wildman–Crippen LogP) is -0.151. The Labute approximate surface area is 143 Å². The van der Waals surface area contributed by atoms with Crippen LogP contribution < -0.4 is 10.0 Å². The van der Waals surface area contributed by atoms with E-state index in [0.717, 1.165) is 4.90 Å². The van der Waals surface area contributed by atoms with E-state index in [4.69, 9.17) is 0 Å². The van der Waals surface area contributed by atoms with Crippen LogP contribution in [0.2, 0.25) is 0 Å². The van der Waals surface area contributed by atoms with Gasteiger partial charge < -0.3 is 0 Å². The highest BCUT2D eigenvalue weighted by molar-refractivity contribution is 7.92. The lowest BCUT2D eigenvalue weighted by molar-refractivity contribution is -0.136. The number of carbonyl (C=O) groups excluding carboxylic acids is 4. The molecular formula is C15H15N3O6S. The fraction of sp³-hybridized carbons (Fsp3) is 0.333. The first-order chi connectivity index (χ1) is 11.7. The third-order valence-corrected chi connectivity index (χ3v) is 5.40. The molecule has 1 unspecified atom stereocenters. The zero-order chi connectivity index (χ0) is 18.4. The normalized spacial score (nSPS) is 20.5. The summed E-state index contributed by atoms with van der Waals surface area (Å²) in [6, 6.07) is 2.94. The molecule has 1 aromatic carbocycles. The van der Waals surface area contributed by atoms with Crippen LogP contribution in [0.5, 0.6) is 0 Å². The smallest absolute Gasteiger partial charge is 0.262 e. The maximum atomic E-state index is 12.6. The number of amides is 4. The molecule has 0 aromatic heterocycles. The van der Waals surface area contributed by atoms with Crippen LogP contribution in [0.4, 0.5) is 5.69 Å². The number of rotatable bonds is 4. The van der Waals surface area contributed by atoms with Crippen LogP contribution in [0.1, 0.15) is 40.5 Å². The van der Waals surface area contributed by atoms with E-state index in [-0.39, 0.29) is 35.4 Å². The van der Waals surface area contributed by atoms with Crippen molar-refractivity contribution >= 4 is 39.3 Å². The van der Waals surface area contributed by atoms with Crippen molar-refractivity contribution in [3.8, 4) is 0 Å². The van der Waals surface area contributed by atoms with Crippen LogP contribution in [-0.4, -0.2) is 48.7 Å². The second-order valence-corrected chi connectivity index (χ2v) is 7.72. The average Bonchev–Trinajstić information content (AvgIpc) is 2.79. The summed E-state index contributed by atoms with van der Waals surface area (Å²) >= 11 is 0. The van der Waals surface area contributed by atoms with E-state index in [1.807, 2.05) is 0 Å². The van der Waals surface area contributed by atoms with Gasteiger partial charge in [-0.25, -0.2) is 8.42 Å². The van der Waals surface area contributed by atoms with E-state index in [0.29, 0.717) is 0 Å². The van der Waals surface area contributed by atoms with E-state index in [9.17, 15) is 27.6 Å². The van der Waals surface area contributed by atoms with Crippen molar-refractivity contribution in [2.75, 3.05) is 10.5 Å². The Morgan fingerprint density at radius 3 is 2.48 bits per heavy atom. The molecule has 1 aromatic rings. The Morgan fingerprint density at radius 1 is 1.16 bits per heavy atom. The first kappa shape index (κ1) is 17.1. The number of hydrogen-bond donors (Lipinski definition) is 2. The summed E-state index contributed by atoms with van der Waals surface area (Å²) in [5.41, 5.74) is 0.270. The zero-order valence-corrected chi connectivity index (χ0v) is 14.1. The van der Waals surface area contributed by atoms with Gasteiger partial charge >= 0.3 is 0 Å². The lowest BCUT2D eigenvalue weighted by Gasteiger charge is -2.27. The first-order valence-corrected chi connectivity index (χ1v) is 9.25. The van der Waals surface area contributed by atoms with Gasteiger partial charge in [-0.3, -0.25) is 34.1 Å². The van der Waals surface area contributed by atoms with Crippen LogP contribution in [-0.2, 0) is 19.6 Å². The summed E-state index contributed by atoms with van der Waals surface area (Å²) in [4.78, 5) is 49.1. The highest BCUT2D eigenvalue weighted by atomic mass is 32.2. The van der Waals surface area contributed by atoms with Gasteiger partial charge in [0.1, 0.15) is 6.04 Å². The van der Waals surface area contributed by atoms with Crippen molar-refractivity contribution in [1.29, 1.82) is 0 Å². The summed E-state index contributed by atoms with van der Waals surface area (Å²) in [6.45, 7) is 1.47. The van der Waals surface area contributed by atoms with Gasteiger partial charge in [0.25, 0.3) is 11.8 Å². The van der Waals surface area contributed by atoms with E-state index < -0.39 is 39.7 Å². The second kappa shape index (κ2) is 5.96. The summed E-state index contributed by atoms with van der Waals surface area (Å²) in [5.74, 6) is -2.61. The van der Waals surface area contributed by atoms with Gasteiger partial charge in [-0.15, -0.1) is 0 Å². The monoisotopic (exact) mass is 365 g/mol. The number of fused-ring (bicyclic) bond motifs is 1. The number of anilines is 1. The molecule has 1 atom stereocenters. The largest absolute Gasteiger partial charge is 0.295 e. The molecule has 2 aliphatic rings. The standard InChI is InChI=1S/C15H15N3O6S/c1-2-25(23,24)17-8-3-4-9-10(7-8)15(22)18(14(9)21)11-5-6-12(19)16-13(11)20/h3-4,7,11,17H,2,5-6H2,1H3,(H,16,19,20). The average molecular weight is 365 g/mol. The molecular weight excluding hydrogens is 350 g/mol. The van der Waals surface area contributed by atoms with Crippen molar-refractivity contribution in [3.05, 3.63) is 29.3 Å². The number of hydrogen-bond acceptors (Lipinski definition) is 6. The number of carbonyl (C=O) groups is 4. The van der Waals surface area contributed by atoms with Gasteiger partial charge in [0.15, 0.2) is 0 Å². The van der Waals surface area contributed by atoms with Crippen LogP contribution in [0.3, 0.4) is 0 Å². The van der Waals surface area contributed by atoms with Crippen LogP contribution in [0.25, 0.3) is 0 Å². The minimum Gasteiger partial charge on any atom is -0.295 e. The Balaban J connectivity index is 1.92. The Morgan fingerprint density at radius 2 is 1.84 bits per heavy atom. The molecule has 3 rings (SSSR count). The van der Waals surface area contributed by atoms with Crippen LogP contribution >= 0.6 is 0 Å². The fourth-order valence-electron chi connectivity index (χ4n) is 2.79. The van der Waals surface area contributed by atoms with Gasteiger partial charge in [0.05, 0.1) is 16.9 Å². The third-order valence-electron chi connectivity index (χ3n) is 4.09. The molecule has 2 N–H and O–H groups in total. The molecule has 1 saturated heterocycles. The minimum absolute atomic E-state index is 0.0194. The second-order valence-electron chi connectivity index (χ2n) is 5.71.